The molecule has 7 nitrogen and oxygen atoms in total. The SMILES string of the molecule is CCOc1ccc(-c2nnc(SCC(=O)Nc3cc(C)nc4ccccc34)o2)cc1. The number of para-hydroxylation sites is 1. The van der Waals surface area contributed by atoms with Crippen LogP contribution in [0, 0.1) is 6.92 Å². The molecule has 0 unspecified atom stereocenters. The van der Waals surface area contributed by atoms with Gasteiger partial charge in [-0.3, -0.25) is 9.78 Å². The molecule has 0 atom stereocenters. The summed E-state index contributed by atoms with van der Waals surface area (Å²) in [5.41, 5.74) is 3.22. The van der Waals surface area contributed by atoms with Crippen molar-refractivity contribution in [1.82, 2.24) is 15.2 Å². The summed E-state index contributed by atoms with van der Waals surface area (Å²) < 4.78 is 11.1. The maximum absolute atomic E-state index is 12.5. The van der Waals surface area contributed by atoms with Crippen LogP contribution in [0.5, 0.6) is 5.75 Å². The third-order valence-corrected chi connectivity index (χ3v) is 5.08. The van der Waals surface area contributed by atoms with Crippen LogP contribution in [0.4, 0.5) is 5.69 Å². The minimum absolute atomic E-state index is 0.153. The molecule has 8 heteroatoms. The normalized spacial score (nSPS) is 10.9. The molecule has 0 aliphatic carbocycles. The van der Waals surface area contributed by atoms with Crippen molar-refractivity contribution < 1.29 is 13.9 Å². The summed E-state index contributed by atoms with van der Waals surface area (Å²) >= 11 is 1.19. The van der Waals surface area contributed by atoms with Crippen LogP contribution in [0.25, 0.3) is 22.4 Å². The number of nitrogens with one attached hydrogen (secondary N) is 1. The number of nitrogens with zero attached hydrogens (tertiary/aromatic N) is 3. The Morgan fingerprint density at radius 3 is 2.73 bits per heavy atom. The van der Waals surface area contributed by atoms with Gasteiger partial charge in [-0.05, 0) is 50.2 Å². The van der Waals surface area contributed by atoms with Crippen molar-refractivity contribution in [2.75, 3.05) is 17.7 Å². The molecule has 30 heavy (non-hydrogen) atoms. The average Bonchev–Trinajstić information content (AvgIpc) is 3.22. The van der Waals surface area contributed by atoms with E-state index in [-0.39, 0.29) is 11.7 Å². The lowest BCUT2D eigenvalue weighted by atomic mass is 10.1. The number of ether oxygens (including phenoxy) is 1. The number of hydrogen-bond donors (Lipinski definition) is 1. The number of hydrogen-bond acceptors (Lipinski definition) is 7. The number of anilines is 1. The molecular formula is C22H20N4O3S. The molecule has 0 aliphatic heterocycles. The van der Waals surface area contributed by atoms with Gasteiger partial charge in [0.2, 0.25) is 11.8 Å². The third kappa shape index (κ3) is 4.60. The largest absolute Gasteiger partial charge is 0.494 e. The van der Waals surface area contributed by atoms with Crippen LogP contribution in [0.2, 0.25) is 0 Å². The maximum Gasteiger partial charge on any atom is 0.277 e. The number of benzene rings is 2. The Morgan fingerprint density at radius 1 is 1.13 bits per heavy atom. The van der Waals surface area contributed by atoms with E-state index in [9.17, 15) is 4.79 Å². The van der Waals surface area contributed by atoms with Crippen LogP contribution in [0.15, 0.2) is 64.2 Å². The van der Waals surface area contributed by atoms with Gasteiger partial charge in [-0.2, -0.15) is 0 Å². The van der Waals surface area contributed by atoms with Gasteiger partial charge in [0.15, 0.2) is 0 Å². The van der Waals surface area contributed by atoms with E-state index in [0.29, 0.717) is 17.7 Å². The van der Waals surface area contributed by atoms with Crippen LogP contribution in [0.3, 0.4) is 0 Å². The predicted octanol–water partition coefficient (Wildman–Crippen LogP) is 4.72. The molecule has 4 rings (SSSR count). The molecule has 1 N–H and O–H groups in total. The van der Waals surface area contributed by atoms with Crippen LogP contribution in [-0.2, 0) is 4.79 Å². The van der Waals surface area contributed by atoms with E-state index < -0.39 is 0 Å². The molecule has 1 amide bonds. The Hall–Kier alpha value is -3.39. The molecule has 152 valence electrons. The van der Waals surface area contributed by atoms with Gasteiger partial charge in [0.05, 0.1) is 23.6 Å². The zero-order chi connectivity index (χ0) is 20.9. The monoisotopic (exact) mass is 420 g/mol. The number of pyridine rings is 1. The van der Waals surface area contributed by atoms with E-state index in [2.05, 4.69) is 20.5 Å². The number of amides is 1. The second-order valence-electron chi connectivity index (χ2n) is 6.50. The minimum Gasteiger partial charge on any atom is -0.494 e. The summed E-state index contributed by atoms with van der Waals surface area (Å²) in [5, 5.41) is 12.3. The molecule has 4 aromatic rings. The van der Waals surface area contributed by atoms with Gasteiger partial charge < -0.3 is 14.5 Å². The lowest BCUT2D eigenvalue weighted by molar-refractivity contribution is -0.113. The highest BCUT2D eigenvalue weighted by molar-refractivity contribution is 7.99. The first-order valence-corrected chi connectivity index (χ1v) is 10.5. The summed E-state index contributed by atoms with van der Waals surface area (Å²) in [6.45, 7) is 4.44. The summed E-state index contributed by atoms with van der Waals surface area (Å²) in [6.07, 6.45) is 0. The quantitative estimate of drug-likeness (QED) is 0.433. The molecule has 0 radical (unpaired) electrons. The van der Waals surface area contributed by atoms with Crippen molar-refractivity contribution in [2.45, 2.75) is 19.1 Å². The molecule has 0 saturated heterocycles. The Bertz CT molecular complexity index is 1170. The number of aromatic nitrogens is 3. The number of carbonyl (C=O) groups is 1. The summed E-state index contributed by atoms with van der Waals surface area (Å²) in [7, 11) is 0. The molecule has 0 fully saturated rings. The predicted molar refractivity (Wildman–Crippen MR) is 117 cm³/mol. The van der Waals surface area contributed by atoms with Crippen LogP contribution >= 0.6 is 11.8 Å². The number of fused-ring (bicyclic) bond motifs is 1. The summed E-state index contributed by atoms with van der Waals surface area (Å²) in [4.78, 5) is 16.9. The van der Waals surface area contributed by atoms with E-state index in [1.54, 1.807) is 0 Å². The Kier molecular flexibility index (Phi) is 5.94. The number of carbonyl (C=O) groups excluding carboxylic acids is 1. The van der Waals surface area contributed by atoms with E-state index in [1.165, 1.54) is 11.8 Å². The number of aryl methyl sites for hydroxylation is 1. The van der Waals surface area contributed by atoms with Gasteiger partial charge in [-0.25, -0.2) is 0 Å². The number of thioether (sulfide) groups is 1. The van der Waals surface area contributed by atoms with Gasteiger partial charge in [-0.15, -0.1) is 10.2 Å². The van der Waals surface area contributed by atoms with Crippen LogP contribution in [0.1, 0.15) is 12.6 Å². The molecule has 2 aromatic heterocycles. The average molecular weight is 420 g/mol. The number of rotatable bonds is 7. The van der Waals surface area contributed by atoms with Crippen molar-refractivity contribution >= 4 is 34.3 Å². The highest BCUT2D eigenvalue weighted by Gasteiger charge is 2.13. The van der Waals surface area contributed by atoms with Crippen molar-refractivity contribution in [3.63, 3.8) is 0 Å². The molecule has 0 bridgehead atoms. The van der Waals surface area contributed by atoms with Gasteiger partial charge in [0, 0.05) is 16.6 Å². The molecule has 0 spiro atoms. The highest BCUT2D eigenvalue weighted by atomic mass is 32.2. The molecule has 2 aromatic carbocycles. The molecule has 0 saturated carbocycles. The van der Waals surface area contributed by atoms with Gasteiger partial charge in [0.25, 0.3) is 5.22 Å². The van der Waals surface area contributed by atoms with E-state index >= 15 is 0 Å². The van der Waals surface area contributed by atoms with Crippen LogP contribution in [-0.4, -0.2) is 33.4 Å². The first-order chi connectivity index (χ1) is 14.6. The maximum atomic E-state index is 12.5. The second-order valence-corrected chi connectivity index (χ2v) is 7.42. The van der Waals surface area contributed by atoms with Gasteiger partial charge >= 0.3 is 0 Å². The van der Waals surface area contributed by atoms with Gasteiger partial charge in [-0.1, -0.05) is 30.0 Å². The first-order valence-electron chi connectivity index (χ1n) is 9.48. The Labute approximate surface area is 177 Å². The fourth-order valence-corrected chi connectivity index (χ4v) is 3.53. The van der Waals surface area contributed by atoms with Crippen molar-refractivity contribution in [3.8, 4) is 17.2 Å². The van der Waals surface area contributed by atoms with E-state index in [1.807, 2.05) is 68.4 Å². The first kappa shape index (κ1) is 19.9. The van der Waals surface area contributed by atoms with Crippen molar-refractivity contribution in [2.24, 2.45) is 0 Å². The van der Waals surface area contributed by atoms with Crippen molar-refractivity contribution in [1.29, 1.82) is 0 Å². The fourth-order valence-electron chi connectivity index (χ4n) is 2.97. The zero-order valence-electron chi connectivity index (χ0n) is 16.6. The molecule has 0 aliphatic rings. The lowest BCUT2D eigenvalue weighted by Crippen LogP contribution is -2.14. The summed E-state index contributed by atoms with van der Waals surface area (Å²) in [6, 6.07) is 17.0. The second kappa shape index (κ2) is 8.96. The zero-order valence-corrected chi connectivity index (χ0v) is 17.4. The van der Waals surface area contributed by atoms with Crippen molar-refractivity contribution in [3.05, 3.63) is 60.3 Å². The fraction of sp³-hybridized carbons (Fsp3) is 0.182. The standard InChI is InChI=1S/C22H20N4O3S/c1-3-28-16-10-8-15(9-11-16)21-25-26-22(29-21)30-13-20(27)24-19-12-14(2)23-18-7-5-4-6-17(18)19/h4-12H,3,13H2,1-2H3,(H,23,24,27). The minimum atomic E-state index is -0.156. The molecule has 2 heterocycles. The third-order valence-electron chi connectivity index (χ3n) is 4.26. The van der Waals surface area contributed by atoms with Gasteiger partial charge in [0.1, 0.15) is 5.75 Å². The topological polar surface area (TPSA) is 90.1 Å². The Morgan fingerprint density at radius 2 is 1.93 bits per heavy atom. The highest BCUT2D eigenvalue weighted by Crippen LogP contribution is 2.26. The Balaban J connectivity index is 1.39. The summed E-state index contributed by atoms with van der Waals surface area (Å²) in [5.74, 6) is 1.18. The molecular weight excluding hydrogens is 400 g/mol. The van der Waals surface area contributed by atoms with Crippen LogP contribution < -0.4 is 10.1 Å². The van der Waals surface area contributed by atoms with E-state index in [4.69, 9.17) is 9.15 Å². The smallest absolute Gasteiger partial charge is 0.277 e. The van der Waals surface area contributed by atoms with E-state index in [0.717, 1.165) is 33.6 Å². The lowest BCUT2D eigenvalue weighted by Gasteiger charge is -2.09.